The molecule has 0 aliphatic heterocycles. The van der Waals surface area contributed by atoms with Crippen molar-refractivity contribution in [2.75, 3.05) is 18.9 Å². The Hall–Kier alpha value is -0.540. The maximum Gasteiger partial charge on any atom is 0.0352 e. The Morgan fingerprint density at radius 1 is 1.33 bits per heavy atom. The molecule has 0 aliphatic rings. The summed E-state index contributed by atoms with van der Waals surface area (Å²) in [4.78, 5) is 0. The van der Waals surface area contributed by atoms with Crippen molar-refractivity contribution < 1.29 is 0 Å². The molecule has 0 saturated heterocycles. The van der Waals surface area contributed by atoms with E-state index in [0.717, 1.165) is 16.7 Å². The lowest BCUT2D eigenvalue weighted by atomic mass is 10.1. The fourth-order valence-electron chi connectivity index (χ4n) is 1.11. The first-order valence-corrected chi connectivity index (χ1v) is 5.93. The molecule has 2 nitrogen and oxygen atoms in total. The van der Waals surface area contributed by atoms with Crippen molar-refractivity contribution in [3.05, 3.63) is 28.2 Å². The van der Waals surface area contributed by atoms with Gasteiger partial charge in [0.25, 0.3) is 0 Å². The molecule has 0 amide bonds. The van der Waals surface area contributed by atoms with Crippen molar-refractivity contribution in [3.8, 4) is 0 Å². The number of aryl methyl sites for hydroxylation is 1. The lowest BCUT2D eigenvalue weighted by Crippen LogP contribution is -2.42. The van der Waals surface area contributed by atoms with Crippen molar-refractivity contribution >= 4 is 21.6 Å². The van der Waals surface area contributed by atoms with Crippen LogP contribution in [0.1, 0.15) is 19.4 Å². The Morgan fingerprint density at radius 3 is 2.53 bits per heavy atom. The summed E-state index contributed by atoms with van der Waals surface area (Å²) in [5.74, 6) is 0. The summed E-state index contributed by atoms with van der Waals surface area (Å²) in [6.45, 7) is 7.33. The summed E-state index contributed by atoms with van der Waals surface area (Å²) in [7, 11) is 1.98. The molecule has 0 heterocycles. The van der Waals surface area contributed by atoms with E-state index < -0.39 is 0 Å². The Bertz CT molecular complexity index is 334. The molecule has 0 radical (unpaired) electrons. The first-order valence-electron chi connectivity index (χ1n) is 5.13. The van der Waals surface area contributed by atoms with Crippen LogP contribution >= 0.6 is 15.9 Å². The van der Waals surface area contributed by atoms with Crippen LogP contribution in [-0.2, 0) is 0 Å². The van der Waals surface area contributed by atoms with Gasteiger partial charge in [0.05, 0.1) is 0 Å². The standard InChI is InChI=1S/C12H19BrN2/c1-9-5-6-10(7-11(9)13)15-8-12(2,3)14-4/h5-7,14-15H,8H2,1-4H3. The van der Waals surface area contributed by atoms with E-state index >= 15 is 0 Å². The zero-order valence-corrected chi connectivity index (χ0v) is 11.4. The Labute approximate surface area is 101 Å². The zero-order chi connectivity index (χ0) is 11.5. The minimum absolute atomic E-state index is 0.108. The molecule has 0 spiro atoms. The van der Waals surface area contributed by atoms with E-state index in [4.69, 9.17) is 0 Å². The highest BCUT2D eigenvalue weighted by molar-refractivity contribution is 9.10. The smallest absolute Gasteiger partial charge is 0.0352 e. The van der Waals surface area contributed by atoms with Gasteiger partial charge in [-0.05, 0) is 45.5 Å². The van der Waals surface area contributed by atoms with Crippen LogP contribution in [0.15, 0.2) is 22.7 Å². The SMILES string of the molecule is CNC(C)(C)CNc1ccc(C)c(Br)c1. The van der Waals surface area contributed by atoms with E-state index in [1.165, 1.54) is 5.56 Å². The molecule has 1 aromatic carbocycles. The van der Waals surface area contributed by atoms with E-state index in [1.54, 1.807) is 0 Å². The van der Waals surface area contributed by atoms with E-state index in [1.807, 2.05) is 7.05 Å². The molecule has 0 aliphatic carbocycles. The van der Waals surface area contributed by atoms with Gasteiger partial charge in [0.2, 0.25) is 0 Å². The predicted molar refractivity (Wildman–Crippen MR) is 70.5 cm³/mol. The van der Waals surface area contributed by atoms with E-state index in [0.29, 0.717) is 0 Å². The number of hydrogen-bond acceptors (Lipinski definition) is 2. The van der Waals surface area contributed by atoms with Crippen LogP contribution in [0.3, 0.4) is 0 Å². The highest BCUT2D eigenvalue weighted by Gasteiger charge is 2.13. The minimum atomic E-state index is 0.108. The highest BCUT2D eigenvalue weighted by Crippen LogP contribution is 2.20. The lowest BCUT2D eigenvalue weighted by Gasteiger charge is -2.25. The molecule has 0 fully saturated rings. The predicted octanol–water partition coefficient (Wildman–Crippen LogP) is 3.17. The first-order chi connectivity index (χ1) is 6.94. The summed E-state index contributed by atoms with van der Waals surface area (Å²) in [6, 6.07) is 6.33. The molecule has 0 aromatic heterocycles. The maximum atomic E-state index is 3.53. The normalized spacial score (nSPS) is 11.5. The van der Waals surface area contributed by atoms with Gasteiger partial charge >= 0.3 is 0 Å². The number of nitrogens with one attached hydrogen (secondary N) is 2. The Kier molecular flexibility index (Phi) is 4.17. The highest BCUT2D eigenvalue weighted by atomic mass is 79.9. The first kappa shape index (κ1) is 12.5. The monoisotopic (exact) mass is 270 g/mol. The second-order valence-electron chi connectivity index (χ2n) is 4.45. The molecule has 84 valence electrons. The molecule has 0 bridgehead atoms. The van der Waals surface area contributed by atoms with E-state index in [2.05, 4.69) is 65.5 Å². The lowest BCUT2D eigenvalue weighted by molar-refractivity contribution is 0.448. The molecule has 3 heteroatoms. The van der Waals surface area contributed by atoms with Gasteiger partial charge in [0, 0.05) is 22.2 Å². The van der Waals surface area contributed by atoms with Crippen LogP contribution < -0.4 is 10.6 Å². The van der Waals surface area contributed by atoms with Crippen LogP contribution in [0.2, 0.25) is 0 Å². The Morgan fingerprint density at radius 2 is 2.00 bits per heavy atom. The third-order valence-corrected chi connectivity index (χ3v) is 3.44. The van der Waals surface area contributed by atoms with Gasteiger partial charge < -0.3 is 10.6 Å². The number of halogens is 1. The van der Waals surface area contributed by atoms with Crippen LogP contribution in [-0.4, -0.2) is 19.1 Å². The van der Waals surface area contributed by atoms with Crippen LogP contribution in [0.25, 0.3) is 0 Å². The number of rotatable bonds is 4. The second kappa shape index (κ2) is 4.99. The van der Waals surface area contributed by atoms with Gasteiger partial charge in [-0.25, -0.2) is 0 Å². The van der Waals surface area contributed by atoms with Gasteiger partial charge in [-0.15, -0.1) is 0 Å². The molecule has 2 N–H and O–H groups in total. The van der Waals surface area contributed by atoms with Gasteiger partial charge in [-0.3, -0.25) is 0 Å². The molecular formula is C12H19BrN2. The Balaban J connectivity index is 2.62. The summed E-state index contributed by atoms with van der Waals surface area (Å²) in [5, 5.41) is 6.67. The quantitative estimate of drug-likeness (QED) is 0.879. The number of benzene rings is 1. The van der Waals surface area contributed by atoms with Crippen molar-refractivity contribution in [1.82, 2.24) is 5.32 Å². The van der Waals surface area contributed by atoms with Crippen LogP contribution in [0, 0.1) is 6.92 Å². The second-order valence-corrected chi connectivity index (χ2v) is 5.31. The summed E-state index contributed by atoms with van der Waals surface area (Å²) < 4.78 is 1.15. The van der Waals surface area contributed by atoms with Crippen molar-refractivity contribution in [1.29, 1.82) is 0 Å². The van der Waals surface area contributed by atoms with Crippen molar-refractivity contribution in [2.24, 2.45) is 0 Å². The van der Waals surface area contributed by atoms with Gasteiger partial charge in [0.1, 0.15) is 0 Å². The van der Waals surface area contributed by atoms with Crippen LogP contribution in [0.4, 0.5) is 5.69 Å². The largest absolute Gasteiger partial charge is 0.383 e. The molecule has 0 saturated carbocycles. The summed E-state index contributed by atoms with van der Waals surface area (Å²) >= 11 is 3.53. The van der Waals surface area contributed by atoms with E-state index in [9.17, 15) is 0 Å². The third kappa shape index (κ3) is 3.84. The molecule has 1 rings (SSSR count). The van der Waals surface area contributed by atoms with E-state index in [-0.39, 0.29) is 5.54 Å². The molecule has 1 aromatic rings. The average molecular weight is 271 g/mol. The fraction of sp³-hybridized carbons (Fsp3) is 0.500. The maximum absolute atomic E-state index is 3.53. The molecular weight excluding hydrogens is 252 g/mol. The molecule has 0 unspecified atom stereocenters. The topological polar surface area (TPSA) is 24.1 Å². The van der Waals surface area contributed by atoms with Gasteiger partial charge in [-0.2, -0.15) is 0 Å². The molecule has 15 heavy (non-hydrogen) atoms. The zero-order valence-electron chi connectivity index (χ0n) is 9.82. The third-order valence-electron chi connectivity index (χ3n) is 2.58. The van der Waals surface area contributed by atoms with Crippen molar-refractivity contribution in [3.63, 3.8) is 0 Å². The average Bonchev–Trinajstić information content (AvgIpc) is 2.20. The summed E-state index contributed by atoms with van der Waals surface area (Å²) in [6.07, 6.45) is 0. The molecule has 0 atom stereocenters. The number of likely N-dealkylation sites (N-methyl/N-ethyl adjacent to an activating group) is 1. The fourth-order valence-corrected chi connectivity index (χ4v) is 1.49. The van der Waals surface area contributed by atoms with Crippen LogP contribution in [0.5, 0.6) is 0 Å². The van der Waals surface area contributed by atoms with Crippen molar-refractivity contribution in [2.45, 2.75) is 26.3 Å². The number of hydrogen-bond donors (Lipinski definition) is 2. The summed E-state index contributed by atoms with van der Waals surface area (Å²) in [5.41, 5.74) is 2.52. The van der Waals surface area contributed by atoms with Gasteiger partial charge in [0.15, 0.2) is 0 Å². The minimum Gasteiger partial charge on any atom is -0.383 e. The number of anilines is 1. The van der Waals surface area contributed by atoms with Gasteiger partial charge in [-0.1, -0.05) is 22.0 Å².